The Morgan fingerprint density at radius 1 is 1.25 bits per heavy atom. The van der Waals surface area contributed by atoms with Crippen LogP contribution in [0.1, 0.15) is 6.42 Å². The average molecular weight is 212 g/mol. The normalized spacial score (nSPS) is 16.0. The zero-order valence-electron chi connectivity index (χ0n) is 8.89. The largest absolute Gasteiger partial charge is 0.363 e. The lowest BCUT2D eigenvalue weighted by molar-refractivity contribution is -0.116. The summed E-state index contributed by atoms with van der Waals surface area (Å²) >= 11 is 0. The molecule has 0 atom stereocenters. The average Bonchev–Trinajstić information content (AvgIpc) is 2.75. The van der Waals surface area contributed by atoms with Crippen LogP contribution >= 0.6 is 0 Å². The summed E-state index contributed by atoms with van der Waals surface area (Å²) < 4.78 is 0. The second-order valence-corrected chi connectivity index (χ2v) is 4.08. The van der Waals surface area contributed by atoms with Crippen molar-refractivity contribution in [2.75, 3.05) is 18.0 Å². The summed E-state index contributed by atoms with van der Waals surface area (Å²) in [6.07, 6.45) is 4.32. The summed E-state index contributed by atoms with van der Waals surface area (Å²) in [5.41, 5.74) is 1.14. The number of benzene rings is 1. The Morgan fingerprint density at radius 3 is 3.00 bits per heavy atom. The van der Waals surface area contributed by atoms with Crippen LogP contribution in [0.5, 0.6) is 0 Å². The van der Waals surface area contributed by atoms with Gasteiger partial charge in [-0.2, -0.15) is 0 Å². The summed E-state index contributed by atoms with van der Waals surface area (Å²) in [5, 5.41) is 2.30. The van der Waals surface area contributed by atoms with Gasteiger partial charge in [-0.25, -0.2) is 0 Å². The molecule has 0 spiro atoms. The van der Waals surface area contributed by atoms with E-state index in [9.17, 15) is 4.79 Å². The molecule has 80 valence electrons. The molecule has 2 aromatic rings. The Hall–Kier alpha value is -1.90. The quantitative estimate of drug-likeness (QED) is 0.725. The zero-order chi connectivity index (χ0) is 11.0. The molecule has 2 heterocycles. The van der Waals surface area contributed by atoms with Crippen LogP contribution in [0.25, 0.3) is 10.8 Å². The number of pyridine rings is 1. The lowest BCUT2D eigenvalue weighted by Crippen LogP contribution is -2.19. The number of carbonyl (C=O) groups is 1. The summed E-state index contributed by atoms with van der Waals surface area (Å²) in [7, 11) is 0. The Kier molecular flexibility index (Phi) is 2.10. The first kappa shape index (κ1) is 9.33. The standard InChI is InChI=1S/C13H12N2O/c16-11-5-7-15(9-11)13-3-1-2-10-8-14-6-4-12(10)13/h1-4,6,8H,5,7,9H2. The minimum atomic E-state index is 0.325. The molecule has 1 saturated heterocycles. The van der Waals surface area contributed by atoms with Crippen LogP contribution in [-0.4, -0.2) is 23.9 Å². The number of rotatable bonds is 1. The van der Waals surface area contributed by atoms with Crippen LogP contribution in [0.15, 0.2) is 36.7 Å². The van der Waals surface area contributed by atoms with E-state index in [1.54, 1.807) is 6.20 Å². The van der Waals surface area contributed by atoms with Gasteiger partial charge in [-0.3, -0.25) is 9.78 Å². The molecule has 3 heteroatoms. The molecule has 0 unspecified atom stereocenters. The van der Waals surface area contributed by atoms with Gasteiger partial charge in [-0.05, 0) is 12.1 Å². The van der Waals surface area contributed by atoms with E-state index in [4.69, 9.17) is 0 Å². The van der Waals surface area contributed by atoms with E-state index in [2.05, 4.69) is 16.0 Å². The molecule has 0 amide bonds. The number of ketones is 1. The maximum absolute atomic E-state index is 11.3. The number of aromatic nitrogens is 1. The Labute approximate surface area is 93.7 Å². The molecule has 3 nitrogen and oxygen atoms in total. The molecule has 1 aromatic carbocycles. The first-order valence-corrected chi connectivity index (χ1v) is 5.44. The van der Waals surface area contributed by atoms with Gasteiger partial charge in [0.15, 0.2) is 5.78 Å². The Bertz CT molecular complexity index is 545. The van der Waals surface area contributed by atoms with Crippen molar-refractivity contribution in [3.8, 4) is 0 Å². The fourth-order valence-electron chi connectivity index (χ4n) is 2.22. The van der Waals surface area contributed by atoms with Crippen molar-refractivity contribution in [3.05, 3.63) is 36.7 Å². The fraction of sp³-hybridized carbons (Fsp3) is 0.231. The van der Waals surface area contributed by atoms with Crippen molar-refractivity contribution < 1.29 is 4.79 Å². The van der Waals surface area contributed by atoms with Gasteiger partial charge in [0.25, 0.3) is 0 Å². The molecule has 1 aliphatic rings. The van der Waals surface area contributed by atoms with E-state index in [-0.39, 0.29) is 0 Å². The molecule has 0 bridgehead atoms. The van der Waals surface area contributed by atoms with Crippen molar-refractivity contribution >= 4 is 22.2 Å². The van der Waals surface area contributed by atoms with Crippen LogP contribution in [0, 0.1) is 0 Å². The number of Topliss-reactive ketones (excluding diaryl/α,β-unsaturated/α-hetero) is 1. The molecule has 16 heavy (non-hydrogen) atoms. The molecule has 1 aromatic heterocycles. The van der Waals surface area contributed by atoms with Gasteiger partial charge >= 0.3 is 0 Å². The number of anilines is 1. The Morgan fingerprint density at radius 2 is 2.19 bits per heavy atom. The predicted molar refractivity (Wildman–Crippen MR) is 63.6 cm³/mol. The van der Waals surface area contributed by atoms with Crippen LogP contribution in [0.2, 0.25) is 0 Å². The van der Waals surface area contributed by atoms with Gasteiger partial charge in [0.1, 0.15) is 0 Å². The highest BCUT2D eigenvalue weighted by Gasteiger charge is 2.20. The second kappa shape index (κ2) is 3.59. The molecule has 1 aliphatic heterocycles. The van der Waals surface area contributed by atoms with E-state index in [0.29, 0.717) is 18.7 Å². The highest BCUT2D eigenvalue weighted by atomic mass is 16.1. The third-order valence-electron chi connectivity index (χ3n) is 3.03. The molecule has 0 N–H and O–H groups in total. The van der Waals surface area contributed by atoms with Crippen LogP contribution in [-0.2, 0) is 4.79 Å². The lowest BCUT2D eigenvalue weighted by Gasteiger charge is -2.18. The van der Waals surface area contributed by atoms with Gasteiger partial charge in [0, 0.05) is 41.8 Å². The summed E-state index contributed by atoms with van der Waals surface area (Å²) in [4.78, 5) is 17.6. The predicted octanol–water partition coefficient (Wildman–Crippen LogP) is 2.01. The summed E-state index contributed by atoms with van der Waals surface area (Å²) in [5.74, 6) is 0.325. The first-order valence-electron chi connectivity index (χ1n) is 5.44. The monoisotopic (exact) mass is 212 g/mol. The van der Waals surface area contributed by atoms with Gasteiger partial charge in [-0.15, -0.1) is 0 Å². The SMILES string of the molecule is O=C1CCN(c2cccc3cnccc23)C1. The second-order valence-electron chi connectivity index (χ2n) is 4.08. The molecule has 0 radical (unpaired) electrons. The van der Waals surface area contributed by atoms with E-state index >= 15 is 0 Å². The van der Waals surface area contributed by atoms with E-state index < -0.39 is 0 Å². The van der Waals surface area contributed by atoms with Crippen molar-refractivity contribution in [1.29, 1.82) is 0 Å². The van der Waals surface area contributed by atoms with Crippen LogP contribution < -0.4 is 4.90 Å². The maximum atomic E-state index is 11.3. The Balaban J connectivity index is 2.13. The van der Waals surface area contributed by atoms with Crippen molar-refractivity contribution in [2.24, 2.45) is 0 Å². The number of hydrogen-bond acceptors (Lipinski definition) is 3. The number of fused-ring (bicyclic) bond motifs is 1. The number of nitrogens with zero attached hydrogens (tertiary/aromatic N) is 2. The first-order chi connectivity index (χ1) is 7.84. The molecular weight excluding hydrogens is 200 g/mol. The lowest BCUT2D eigenvalue weighted by atomic mass is 10.1. The van der Waals surface area contributed by atoms with Crippen molar-refractivity contribution in [3.63, 3.8) is 0 Å². The molecule has 0 saturated carbocycles. The highest BCUT2D eigenvalue weighted by Crippen LogP contribution is 2.27. The van der Waals surface area contributed by atoms with Crippen molar-refractivity contribution in [1.82, 2.24) is 4.98 Å². The third-order valence-corrected chi connectivity index (χ3v) is 3.03. The van der Waals surface area contributed by atoms with Crippen LogP contribution in [0.3, 0.4) is 0 Å². The van der Waals surface area contributed by atoms with Gasteiger partial charge < -0.3 is 4.90 Å². The number of carbonyl (C=O) groups excluding carboxylic acids is 1. The third kappa shape index (κ3) is 1.45. The van der Waals surface area contributed by atoms with Gasteiger partial charge in [0.05, 0.1) is 6.54 Å². The molecular formula is C13H12N2O. The van der Waals surface area contributed by atoms with E-state index in [1.165, 1.54) is 5.39 Å². The molecule has 0 aliphatic carbocycles. The van der Waals surface area contributed by atoms with Crippen LogP contribution in [0.4, 0.5) is 5.69 Å². The zero-order valence-corrected chi connectivity index (χ0v) is 8.89. The minimum absolute atomic E-state index is 0.325. The summed E-state index contributed by atoms with van der Waals surface area (Å²) in [6, 6.07) is 8.14. The van der Waals surface area contributed by atoms with Gasteiger partial charge in [-0.1, -0.05) is 12.1 Å². The van der Waals surface area contributed by atoms with E-state index in [1.807, 2.05) is 24.4 Å². The minimum Gasteiger partial charge on any atom is -0.363 e. The van der Waals surface area contributed by atoms with E-state index in [0.717, 1.165) is 17.6 Å². The van der Waals surface area contributed by atoms with Crippen molar-refractivity contribution in [2.45, 2.75) is 6.42 Å². The molecule has 3 rings (SSSR count). The number of hydrogen-bond donors (Lipinski definition) is 0. The smallest absolute Gasteiger partial charge is 0.153 e. The fourth-order valence-corrected chi connectivity index (χ4v) is 2.22. The topological polar surface area (TPSA) is 33.2 Å². The van der Waals surface area contributed by atoms with Gasteiger partial charge in [0.2, 0.25) is 0 Å². The highest BCUT2D eigenvalue weighted by molar-refractivity contribution is 5.97. The molecule has 1 fully saturated rings. The summed E-state index contributed by atoms with van der Waals surface area (Å²) in [6.45, 7) is 1.38. The maximum Gasteiger partial charge on any atom is 0.153 e.